The van der Waals surface area contributed by atoms with Gasteiger partial charge in [-0.05, 0) is 58.4 Å². The van der Waals surface area contributed by atoms with Gasteiger partial charge in [0.15, 0.2) is 0 Å². The first-order chi connectivity index (χ1) is 12.7. The first-order valence-corrected chi connectivity index (χ1v) is 9.97. The number of hydrogen-bond acceptors (Lipinski definition) is 5. The summed E-state index contributed by atoms with van der Waals surface area (Å²) in [5.74, 6) is 0.867. The van der Waals surface area contributed by atoms with E-state index in [1.807, 2.05) is 47.9 Å². The van der Waals surface area contributed by atoms with Crippen molar-refractivity contribution in [3.05, 3.63) is 63.1 Å². The zero-order chi connectivity index (χ0) is 17.9. The Kier molecular flexibility index (Phi) is 4.99. The molecular formula is C19H16BrN3O2S. The van der Waals surface area contributed by atoms with Crippen molar-refractivity contribution in [1.82, 2.24) is 15.1 Å². The molecular weight excluding hydrogens is 414 g/mol. The van der Waals surface area contributed by atoms with Crippen LogP contribution >= 0.6 is 27.3 Å². The molecule has 2 heterocycles. The van der Waals surface area contributed by atoms with Crippen LogP contribution in [0.2, 0.25) is 0 Å². The van der Waals surface area contributed by atoms with Gasteiger partial charge in [0.1, 0.15) is 0 Å². The summed E-state index contributed by atoms with van der Waals surface area (Å²) in [7, 11) is 0. The summed E-state index contributed by atoms with van der Waals surface area (Å²) in [6.07, 6.45) is 5.51. The van der Waals surface area contributed by atoms with Crippen molar-refractivity contribution in [3.63, 3.8) is 0 Å². The van der Waals surface area contributed by atoms with Gasteiger partial charge in [0.05, 0.1) is 12.1 Å². The molecule has 1 fully saturated rings. The number of hydrogen-bond donors (Lipinski definition) is 0. The fourth-order valence-electron chi connectivity index (χ4n) is 2.62. The first kappa shape index (κ1) is 17.2. The lowest BCUT2D eigenvalue weighted by Gasteiger charge is -2.18. The van der Waals surface area contributed by atoms with Crippen molar-refractivity contribution >= 4 is 39.2 Å². The summed E-state index contributed by atoms with van der Waals surface area (Å²) in [6, 6.07) is 11.9. The molecule has 0 aliphatic heterocycles. The second-order valence-electron chi connectivity index (χ2n) is 6.03. The molecule has 0 N–H and O–H groups in total. The van der Waals surface area contributed by atoms with Crippen LogP contribution in [-0.4, -0.2) is 27.0 Å². The molecule has 7 heteroatoms. The predicted octanol–water partition coefficient (Wildman–Crippen LogP) is 4.77. The second kappa shape index (κ2) is 7.55. The fraction of sp³-hybridized carbons (Fsp3) is 0.211. The van der Waals surface area contributed by atoms with Gasteiger partial charge < -0.3 is 9.32 Å². The Labute approximate surface area is 163 Å². The summed E-state index contributed by atoms with van der Waals surface area (Å²) in [5, 5.41) is 10.2. The van der Waals surface area contributed by atoms with Gasteiger partial charge in [0.2, 0.25) is 17.7 Å². The molecule has 0 atom stereocenters. The van der Waals surface area contributed by atoms with Gasteiger partial charge >= 0.3 is 0 Å². The van der Waals surface area contributed by atoms with Crippen LogP contribution in [0.15, 0.2) is 56.7 Å². The number of rotatable bonds is 6. The number of thiophene rings is 1. The lowest BCUT2D eigenvalue weighted by Crippen LogP contribution is -2.31. The molecule has 1 aliphatic carbocycles. The minimum absolute atomic E-state index is 0.0264. The van der Waals surface area contributed by atoms with Crippen molar-refractivity contribution in [1.29, 1.82) is 0 Å². The fourth-order valence-corrected chi connectivity index (χ4v) is 3.69. The maximum atomic E-state index is 12.6. The van der Waals surface area contributed by atoms with E-state index in [2.05, 4.69) is 26.1 Å². The average Bonchev–Trinajstić information content (AvgIpc) is 3.16. The number of amides is 1. The Morgan fingerprint density at radius 3 is 2.85 bits per heavy atom. The third-order valence-electron chi connectivity index (χ3n) is 4.08. The van der Waals surface area contributed by atoms with Gasteiger partial charge in [-0.2, -0.15) is 0 Å². The van der Waals surface area contributed by atoms with Crippen molar-refractivity contribution in [3.8, 4) is 11.5 Å². The molecule has 26 heavy (non-hydrogen) atoms. The Bertz CT molecular complexity index is 932. The minimum Gasteiger partial charge on any atom is -0.419 e. The molecule has 132 valence electrons. The van der Waals surface area contributed by atoms with Gasteiger partial charge in [-0.3, -0.25) is 4.79 Å². The molecule has 1 amide bonds. The van der Waals surface area contributed by atoms with E-state index in [9.17, 15) is 4.79 Å². The molecule has 1 aliphatic rings. The van der Waals surface area contributed by atoms with Crippen LogP contribution < -0.4 is 0 Å². The molecule has 4 rings (SSSR count). The van der Waals surface area contributed by atoms with Crippen LogP contribution in [0.25, 0.3) is 17.5 Å². The summed E-state index contributed by atoms with van der Waals surface area (Å²) >= 11 is 5.09. The summed E-state index contributed by atoms with van der Waals surface area (Å²) in [5.41, 5.74) is 0.841. The zero-order valence-electron chi connectivity index (χ0n) is 13.8. The van der Waals surface area contributed by atoms with Gasteiger partial charge in [-0.25, -0.2) is 0 Å². The highest BCUT2D eigenvalue weighted by atomic mass is 79.9. The maximum Gasteiger partial charge on any atom is 0.248 e. The smallest absolute Gasteiger partial charge is 0.248 e. The first-order valence-electron chi connectivity index (χ1n) is 8.30. The van der Waals surface area contributed by atoms with Gasteiger partial charge in [-0.15, -0.1) is 21.5 Å². The van der Waals surface area contributed by atoms with Gasteiger partial charge in [0.25, 0.3) is 0 Å². The Balaban J connectivity index is 1.49. The van der Waals surface area contributed by atoms with E-state index in [1.54, 1.807) is 22.3 Å². The van der Waals surface area contributed by atoms with E-state index < -0.39 is 0 Å². The van der Waals surface area contributed by atoms with Crippen LogP contribution in [0, 0.1) is 0 Å². The van der Waals surface area contributed by atoms with E-state index in [-0.39, 0.29) is 11.9 Å². The van der Waals surface area contributed by atoms with E-state index in [0.717, 1.165) is 27.8 Å². The zero-order valence-corrected chi connectivity index (χ0v) is 16.2. The van der Waals surface area contributed by atoms with Crippen molar-refractivity contribution in [2.45, 2.75) is 25.4 Å². The summed E-state index contributed by atoms with van der Waals surface area (Å²) < 4.78 is 6.68. The highest BCUT2D eigenvalue weighted by molar-refractivity contribution is 9.10. The number of nitrogens with zero attached hydrogens (tertiary/aromatic N) is 3. The molecule has 0 spiro atoms. The molecule has 3 aromatic rings. The quantitative estimate of drug-likeness (QED) is 0.529. The Hall–Kier alpha value is -2.25. The molecule has 1 saturated carbocycles. The third kappa shape index (κ3) is 3.94. The third-order valence-corrected chi connectivity index (χ3v) is 5.61. The molecule has 2 aromatic heterocycles. The highest BCUT2D eigenvalue weighted by Gasteiger charge is 2.32. The summed E-state index contributed by atoms with van der Waals surface area (Å²) in [4.78, 5) is 15.5. The maximum absolute atomic E-state index is 12.6. The highest BCUT2D eigenvalue weighted by Crippen LogP contribution is 2.30. The molecule has 5 nitrogen and oxygen atoms in total. The van der Waals surface area contributed by atoms with Crippen LogP contribution in [0.4, 0.5) is 0 Å². The SMILES string of the molecule is O=C(/C=C/c1cccs1)N(Cc1nnc(-c2ccccc2Br)o1)C1CC1. The number of aromatic nitrogens is 2. The van der Waals surface area contributed by atoms with Crippen molar-refractivity contribution in [2.75, 3.05) is 0 Å². The van der Waals surface area contributed by atoms with Crippen LogP contribution in [0.5, 0.6) is 0 Å². The van der Waals surface area contributed by atoms with Crippen molar-refractivity contribution in [2.24, 2.45) is 0 Å². The Morgan fingerprint density at radius 1 is 1.27 bits per heavy atom. The number of carbonyl (C=O) groups excluding carboxylic acids is 1. The molecule has 1 aromatic carbocycles. The summed E-state index contributed by atoms with van der Waals surface area (Å²) in [6.45, 7) is 0.329. The lowest BCUT2D eigenvalue weighted by molar-refractivity contribution is -0.127. The molecule has 0 unspecified atom stereocenters. The van der Waals surface area contributed by atoms with Crippen LogP contribution in [-0.2, 0) is 11.3 Å². The number of halogens is 1. The molecule has 0 bridgehead atoms. The molecule has 0 saturated heterocycles. The van der Waals surface area contributed by atoms with Gasteiger partial charge in [-0.1, -0.05) is 18.2 Å². The predicted molar refractivity (Wildman–Crippen MR) is 104 cm³/mol. The standard InChI is InChI=1S/C19H16BrN3O2S/c20-16-6-2-1-5-15(16)19-22-21-17(25-19)12-23(13-7-8-13)18(24)10-9-14-4-3-11-26-14/h1-6,9-11,13H,7-8,12H2/b10-9+. The van der Waals surface area contributed by atoms with Gasteiger partial charge in [0, 0.05) is 21.5 Å². The van der Waals surface area contributed by atoms with E-state index in [4.69, 9.17) is 4.42 Å². The number of benzene rings is 1. The van der Waals surface area contributed by atoms with Crippen LogP contribution in [0.1, 0.15) is 23.6 Å². The largest absolute Gasteiger partial charge is 0.419 e. The minimum atomic E-state index is -0.0264. The monoisotopic (exact) mass is 429 g/mol. The lowest BCUT2D eigenvalue weighted by atomic mass is 10.2. The normalized spacial score (nSPS) is 14.0. The van der Waals surface area contributed by atoms with E-state index in [1.165, 1.54) is 0 Å². The topological polar surface area (TPSA) is 59.2 Å². The second-order valence-corrected chi connectivity index (χ2v) is 7.86. The van der Waals surface area contributed by atoms with Crippen LogP contribution in [0.3, 0.4) is 0 Å². The average molecular weight is 430 g/mol. The van der Waals surface area contributed by atoms with E-state index in [0.29, 0.717) is 18.3 Å². The van der Waals surface area contributed by atoms with Crippen molar-refractivity contribution < 1.29 is 9.21 Å². The number of carbonyl (C=O) groups is 1. The van der Waals surface area contributed by atoms with E-state index >= 15 is 0 Å². The Morgan fingerprint density at radius 2 is 2.12 bits per heavy atom. The molecule has 0 radical (unpaired) electrons.